The van der Waals surface area contributed by atoms with Gasteiger partial charge in [-0.15, -0.1) is 0 Å². The number of nitrogens with zero attached hydrogens (tertiary/aromatic N) is 2. The van der Waals surface area contributed by atoms with Crippen LogP contribution >= 0.6 is 0 Å². The summed E-state index contributed by atoms with van der Waals surface area (Å²) in [6.07, 6.45) is 1.40. The molecule has 2 aromatic carbocycles. The smallest absolute Gasteiger partial charge is 0.244 e. The third-order valence-corrected chi connectivity index (χ3v) is 6.41. The number of rotatable bonds is 12. The molecule has 10 heteroatoms. The molecule has 1 atom stereocenters. The Bertz CT molecular complexity index is 1070. The van der Waals surface area contributed by atoms with E-state index in [-0.39, 0.29) is 12.5 Å². The SMILES string of the molecule is CCNC(=O)[C@H](CC)N(Cc1ccc(OC)cc1)C(=O)CN(c1cccc(OC)c1)S(C)(=O)=O. The number of hydrogen-bond acceptors (Lipinski definition) is 6. The minimum absolute atomic E-state index is 0.133. The van der Waals surface area contributed by atoms with Crippen molar-refractivity contribution in [3.05, 3.63) is 54.1 Å². The first-order chi connectivity index (χ1) is 16.1. The van der Waals surface area contributed by atoms with E-state index in [1.807, 2.05) is 6.92 Å². The zero-order valence-electron chi connectivity index (χ0n) is 20.3. The van der Waals surface area contributed by atoms with Crippen LogP contribution in [0, 0.1) is 0 Å². The maximum atomic E-state index is 13.5. The van der Waals surface area contributed by atoms with Gasteiger partial charge in [-0.3, -0.25) is 13.9 Å². The average Bonchev–Trinajstić information content (AvgIpc) is 2.82. The van der Waals surface area contributed by atoms with E-state index in [9.17, 15) is 18.0 Å². The van der Waals surface area contributed by atoms with Gasteiger partial charge >= 0.3 is 0 Å². The molecule has 0 fully saturated rings. The topological polar surface area (TPSA) is 105 Å². The number of anilines is 1. The number of benzene rings is 2. The molecule has 0 aliphatic heterocycles. The first kappa shape index (κ1) is 27.0. The fourth-order valence-electron chi connectivity index (χ4n) is 3.52. The van der Waals surface area contributed by atoms with Crippen LogP contribution in [0.15, 0.2) is 48.5 Å². The van der Waals surface area contributed by atoms with Gasteiger partial charge in [0, 0.05) is 19.2 Å². The van der Waals surface area contributed by atoms with Crippen LogP contribution in [0.2, 0.25) is 0 Å². The molecule has 34 heavy (non-hydrogen) atoms. The highest BCUT2D eigenvalue weighted by Crippen LogP contribution is 2.24. The molecule has 2 rings (SSSR count). The van der Waals surface area contributed by atoms with Gasteiger partial charge in [-0.2, -0.15) is 0 Å². The summed E-state index contributed by atoms with van der Waals surface area (Å²) in [6.45, 7) is 3.70. The summed E-state index contributed by atoms with van der Waals surface area (Å²) in [6, 6.07) is 12.9. The van der Waals surface area contributed by atoms with E-state index in [0.29, 0.717) is 30.2 Å². The van der Waals surface area contributed by atoms with Crippen molar-refractivity contribution in [3.63, 3.8) is 0 Å². The van der Waals surface area contributed by atoms with Crippen molar-refractivity contribution in [1.29, 1.82) is 0 Å². The summed E-state index contributed by atoms with van der Waals surface area (Å²) in [4.78, 5) is 27.7. The fraction of sp³-hybridized carbons (Fsp3) is 0.417. The van der Waals surface area contributed by atoms with E-state index in [2.05, 4.69) is 5.32 Å². The van der Waals surface area contributed by atoms with Crippen molar-refractivity contribution >= 4 is 27.5 Å². The van der Waals surface area contributed by atoms with Crippen LogP contribution in [0.3, 0.4) is 0 Å². The van der Waals surface area contributed by atoms with E-state index in [1.54, 1.807) is 62.6 Å². The number of carbonyl (C=O) groups excluding carboxylic acids is 2. The van der Waals surface area contributed by atoms with Crippen molar-refractivity contribution in [3.8, 4) is 11.5 Å². The zero-order chi connectivity index (χ0) is 25.3. The van der Waals surface area contributed by atoms with Crippen molar-refractivity contribution < 1.29 is 27.5 Å². The van der Waals surface area contributed by atoms with Crippen molar-refractivity contribution in [2.45, 2.75) is 32.9 Å². The Morgan fingerprint density at radius 2 is 1.65 bits per heavy atom. The van der Waals surface area contributed by atoms with Gasteiger partial charge in [0.25, 0.3) is 0 Å². The molecule has 0 spiro atoms. The van der Waals surface area contributed by atoms with E-state index < -0.39 is 28.5 Å². The molecule has 0 heterocycles. The Morgan fingerprint density at radius 3 is 2.18 bits per heavy atom. The molecule has 0 unspecified atom stereocenters. The lowest BCUT2D eigenvalue weighted by molar-refractivity contribution is -0.140. The molecule has 0 aliphatic rings. The summed E-state index contributed by atoms with van der Waals surface area (Å²) >= 11 is 0. The zero-order valence-corrected chi connectivity index (χ0v) is 21.1. The number of sulfonamides is 1. The lowest BCUT2D eigenvalue weighted by atomic mass is 10.1. The molecule has 2 amide bonds. The summed E-state index contributed by atoms with van der Waals surface area (Å²) in [7, 11) is -0.766. The second-order valence-electron chi connectivity index (χ2n) is 7.66. The molecule has 186 valence electrons. The number of hydrogen-bond donors (Lipinski definition) is 1. The van der Waals surface area contributed by atoms with Gasteiger partial charge in [0.05, 0.1) is 26.2 Å². The van der Waals surface area contributed by atoms with Gasteiger partial charge < -0.3 is 19.7 Å². The molecule has 0 aromatic heterocycles. The lowest BCUT2D eigenvalue weighted by Crippen LogP contribution is -2.52. The monoisotopic (exact) mass is 491 g/mol. The number of ether oxygens (including phenoxy) is 2. The minimum atomic E-state index is -3.80. The summed E-state index contributed by atoms with van der Waals surface area (Å²) in [5, 5.41) is 2.77. The van der Waals surface area contributed by atoms with Crippen LogP contribution in [0.4, 0.5) is 5.69 Å². The summed E-state index contributed by atoms with van der Waals surface area (Å²) in [5.74, 6) is 0.336. The Morgan fingerprint density at radius 1 is 1.00 bits per heavy atom. The highest BCUT2D eigenvalue weighted by Gasteiger charge is 2.31. The second kappa shape index (κ2) is 12.3. The molecular formula is C24H33N3O6S. The van der Waals surface area contributed by atoms with E-state index in [0.717, 1.165) is 16.1 Å². The van der Waals surface area contributed by atoms with Crippen LogP contribution in [-0.2, 0) is 26.2 Å². The highest BCUT2D eigenvalue weighted by molar-refractivity contribution is 7.92. The summed E-state index contributed by atoms with van der Waals surface area (Å²) < 4.78 is 36.6. The Kier molecular flexibility index (Phi) is 9.73. The van der Waals surface area contributed by atoms with Crippen LogP contribution < -0.4 is 19.1 Å². The van der Waals surface area contributed by atoms with Crippen molar-refractivity contribution in [2.75, 3.05) is 37.9 Å². The lowest BCUT2D eigenvalue weighted by Gasteiger charge is -2.32. The molecule has 0 saturated carbocycles. The van der Waals surface area contributed by atoms with Gasteiger partial charge in [-0.25, -0.2) is 8.42 Å². The standard InChI is InChI=1S/C24H33N3O6S/c1-6-22(24(29)25-7-2)26(16-18-11-13-20(32-3)14-12-18)23(28)17-27(34(5,30)31)19-9-8-10-21(15-19)33-4/h8-15,22H,6-7,16-17H2,1-5H3,(H,25,29)/t22-/m0/s1. The van der Waals surface area contributed by atoms with Gasteiger partial charge in [-0.1, -0.05) is 25.1 Å². The number of carbonyl (C=O) groups is 2. The van der Waals surface area contributed by atoms with Crippen molar-refractivity contribution in [1.82, 2.24) is 10.2 Å². The van der Waals surface area contributed by atoms with E-state index in [4.69, 9.17) is 9.47 Å². The quantitative estimate of drug-likeness (QED) is 0.489. The maximum Gasteiger partial charge on any atom is 0.244 e. The van der Waals surface area contributed by atoms with Crippen LogP contribution in [0.1, 0.15) is 25.8 Å². The van der Waals surface area contributed by atoms with Crippen LogP contribution in [0.25, 0.3) is 0 Å². The predicted molar refractivity (Wildman–Crippen MR) is 131 cm³/mol. The molecule has 0 saturated heterocycles. The van der Waals surface area contributed by atoms with E-state index >= 15 is 0 Å². The molecule has 0 aliphatic carbocycles. The number of nitrogens with one attached hydrogen (secondary N) is 1. The Balaban J connectivity index is 2.43. The van der Waals surface area contributed by atoms with Gasteiger partial charge in [0.15, 0.2) is 0 Å². The van der Waals surface area contributed by atoms with Crippen molar-refractivity contribution in [2.24, 2.45) is 0 Å². The fourth-order valence-corrected chi connectivity index (χ4v) is 4.36. The van der Waals surface area contributed by atoms with Gasteiger partial charge in [0.2, 0.25) is 21.8 Å². The number of likely N-dealkylation sites (N-methyl/N-ethyl adjacent to an activating group) is 1. The molecule has 0 radical (unpaired) electrons. The Labute approximate surface area is 201 Å². The normalized spacial score (nSPS) is 11.9. The van der Waals surface area contributed by atoms with Crippen LogP contribution in [-0.4, -0.2) is 64.7 Å². The minimum Gasteiger partial charge on any atom is -0.497 e. The third kappa shape index (κ3) is 7.11. The van der Waals surface area contributed by atoms with Gasteiger partial charge in [0.1, 0.15) is 24.1 Å². The first-order valence-corrected chi connectivity index (χ1v) is 12.8. The predicted octanol–water partition coefficient (Wildman–Crippen LogP) is 2.41. The van der Waals surface area contributed by atoms with Gasteiger partial charge in [-0.05, 0) is 43.2 Å². The molecule has 1 N–H and O–H groups in total. The molecular weight excluding hydrogens is 458 g/mol. The maximum absolute atomic E-state index is 13.5. The molecule has 2 aromatic rings. The Hall–Kier alpha value is -3.27. The number of amides is 2. The van der Waals surface area contributed by atoms with E-state index in [1.165, 1.54) is 12.0 Å². The largest absolute Gasteiger partial charge is 0.497 e. The molecule has 9 nitrogen and oxygen atoms in total. The average molecular weight is 492 g/mol. The van der Waals surface area contributed by atoms with Crippen LogP contribution in [0.5, 0.6) is 11.5 Å². The third-order valence-electron chi connectivity index (χ3n) is 5.27. The molecule has 0 bridgehead atoms. The summed E-state index contributed by atoms with van der Waals surface area (Å²) in [5.41, 5.74) is 1.08. The second-order valence-corrected chi connectivity index (χ2v) is 9.57. The first-order valence-electron chi connectivity index (χ1n) is 11.0. The highest BCUT2D eigenvalue weighted by atomic mass is 32.2. The number of methoxy groups -OCH3 is 2.